The van der Waals surface area contributed by atoms with E-state index >= 15 is 0 Å². The highest BCUT2D eigenvalue weighted by Crippen LogP contribution is 2.30. The molecule has 1 N–H and O–H groups in total. The molecule has 35 heavy (non-hydrogen) atoms. The van der Waals surface area contributed by atoms with Crippen molar-refractivity contribution in [2.45, 2.75) is 25.9 Å². The minimum Gasteiger partial charge on any atom is -0.497 e. The number of amides is 2. The van der Waals surface area contributed by atoms with Crippen molar-refractivity contribution in [3.8, 4) is 17.2 Å². The Kier molecular flexibility index (Phi) is 7.88. The molecule has 0 spiro atoms. The minimum absolute atomic E-state index is 0.00525. The monoisotopic (exact) mass is 474 g/mol. The van der Waals surface area contributed by atoms with E-state index in [0.717, 1.165) is 11.5 Å². The second-order valence-corrected chi connectivity index (χ2v) is 8.22. The number of hydrogen-bond acceptors (Lipinski definition) is 5. The third-order valence-electron chi connectivity index (χ3n) is 5.93. The van der Waals surface area contributed by atoms with Crippen LogP contribution < -0.4 is 19.5 Å². The van der Waals surface area contributed by atoms with Crippen molar-refractivity contribution < 1.29 is 23.8 Å². The van der Waals surface area contributed by atoms with Crippen molar-refractivity contribution in [2.24, 2.45) is 0 Å². The number of rotatable bonds is 8. The molecular formula is C28H30N2O5. The van der Waals surface area contributed by atoms with Crippen molar-refractivity contribution in [2.75, 3.05) is 32.1 Å². The van der Waals surface area contributed by atoms with Gasteiger partial charge in [0.05, 0.1) is 25.0 Å². The Labute approximate surface area is 205 Å². The summed E-state index contributed by atoms with van der Waals surface area (Å²) in [5.74, 6) is 1.74. The van der Waals surface area contributed by atoms with Gasteiger partial charge in [0.1, 0.15) is 11.9 Å². The lowest BCUT2D eigenvalue weighted by Crippen LogP contribution is -2.42. The highest BCUT2D eigenvalue weighted by molar-refractivity contribution is 6.09. The summed E-state index contributed by atoms with van der Waals surface area (Å²) in [7, 11) is 1.58. The Bertz CT molecular complexity index is 1150. The van der Waals surface area contributed by atoms with Crippen molar-refractivity contribution in [1.29, 1.82) is 0 Å². The molecule has 0 aromatic heterocycles. The van der Waals surface area contributed by atoms with Gasteiger partial charge in [-0.1, -0.05) is 24.3 Å². The highest BCUT2D eigenvalue weighted by Gasteiger charge is 2.27. The van der Waals surface area contributed by atoms with E-state index in [1.54, 1.807) is 55.6 Å². The van der Waals surface area contributed by atoms with Gasteiger partial charge in [-0.2, -0.15) is 0 Å². The zero-order chi connectivity index (χ0) is 24.6. The molecule has 0 aliphatic carbocycles. The number of para-hydroxylation sites is 3. The zero-order valence-corrected chi connectivity index (χ0v) is 20.0. The fourth-order valence-electron chi connectivity index (χ4n) is 4.06. The minimum atomic E-state index is -0.284. The smallest absolute Gasteiger partial charge is 0.255 e. The number of piperidine rings is 1. The molecule has 0 unspecified atom stereocenters. The van der Waals surface area contributed by atoms with Gasteiger partial charge in [0.2, 0.25) is 0 Å². The molecule has 1 aliphatic rings. The van der Waals surface area contributed by atoms with Crippen LogP contribution in [0.4, 0.5) is 5.69 Å². The Balaban J connectivity index is 1.38. The Morgan fingerprint density at radius 3 is 2.26 bits per heavy atom. The average molecular weight is 475 g/mol. The lowest BCUT2D eigenvalue weighted by Gasteiger charge is -2.33. The van der Waals surface area contributed by atoms with Crippen LogP contribution in [0.3, 0.4) is 0 Å². The molecule has 7 nitrogen and oxygen atoms in total. The summed E-state index contributed by atoms with van der Waals surface area (Å²) in [5, 5.41) is 2.88. The number of ether oxygens (including phenoxy) is 3. The van der Waals surface area contributed by atoms with Crippen molar-refractivity contribution in [1.82, 2.24) is 4.90 Å². The van der Waals surface area contributed by atoms with E-state index in [4.69, 9.17) is 14.2 Å². The second-order valence-electron chi connectivity index (χ2n) is 8.22. The largest absolute Gasteiger partial charge is 0.497 e. The normalized spacial score (nSPS) is 13.7. The van der Waals surface area contributed by atoms with Crippen molar-refractivity contribution in [3.05, 3.63) is 83.9 Å². The van der Waals surface area contributed by atoms with E-state index < -0.39 is 0 Å². The van der Waals surface area contributed by atoms with Crippen molar-refractivity contribution in [3.63, 3.8) is 0 Å². The second kappa shape index (κ2) is 11.4. The van der Waals surface area contributed by atoms with Gasteiger partial charge in [-0.3, -0.25) is 9.59 Å². The molecule has 7 heteroatoms. The zero-order valence-electron chi connectivity index (χ0n) is 20.0. The molecule has 0 saturated carbocycles. The van der Waals surface area contributed by atoms with E-state index in [1.165, 1.54) is 0 Å². The first-order valence-electron chi connectivity index (χ1n) is 11.8. The quantitative estimate of drug-likeness (QED) is 0.496. The number of likely N-dealkylation sites (tertiary alicyclic amines) is 1. The number of methoxy groups -OCH3 is 1. The molecule has 2 amide bonds. The number of anilines is 1. The lowest BCUT2D eigenvalue weighted by atomic mass is 10.0. The molecule has 3 aromatic carbocycles. The van der Waals surface area contributed by atoms with Crippen LogP contribution in [0.5, 0.6) is 17.2 Å². The molecule has 1 saturated heterocycles. The van der Waals surface area contributed by atoms with Crippen LogP contribution in [-0.4, -0.2) is 49.6 Å². The maximum Gasteiger partial charge on any atom is 0.255 e. The summed E-state index contributed by atoms with van der Waals surface area (Å²) in [6.07, 6.45) is 1.43. The molecule has 1 heterocycles. The average Bonchev–Trinajstić information content (AvgIpc) is 2.90. The first-order chi connectivity index (χ1) is 17.1. The molecule has 0 radical (unpaired) electrons. The standard InChI is InChI=1S/C28H30N2O5/c1-3-34-25-10-6-7-11-26(25)35-22-16-18-30(19-17-22)28(32)23-8-4-5-9-24(23)29-27(31)20-12-14-21(33-2)15-13-20/h4-15,22H,3,16-19H2,1-2H3,(H,29,31). The molecular weight excluding hydrogens is 444 g/mol. The summed E-state index contributed by atoms with van der Waals surface area (Å²) in [6, 6.07) is 21.6. The van der Waals surface area contributed by atoms with Crippen LogP contribution in [0.1, 0.15) is 40.5 Å². The summed E-state index contributed by atoms with van der Waals surface area (Å²) < 4.78 is 17.0. The molecule has 0 bridgehead atoms. The van der Waals surface area contributed by atoms with Gasteiger partial charge in [-0.15, -0.1) is 0 Å². The van der Waals surface area contributed by atoms with Gasteiger partial charge in [0, 0.05) is 31.5 Å². The molecule has 3 aromatic rings. The number of carbonyl (C=O) groups is 2. The maximum atomic E-state index is 13.3. The van der Waals surface area contributed by atoms with E-state index in [0.29, 0.717) is 55.1 Å². The van der Waals surface area contributed by atoms with Gasteiger partial charge in [-0.05, 0) is 55.5 Å². The summed E-state index contributed by atoms with van der Waals surface area (Å²) in [5.41, 5.74) is 1.44. The van der Waals surface area contributed by atoms with E-state index in [2.05, 4.69) is 5.32 Å². The van der Waals surface area contributed by atoms with E-state index in [-0.39, 0.29) is 17.9 Å². The molecule has 4 rings (SSSR count). The maximum absolute atomic E-state index is 13.3. The summed E-state index contributed by atoms with van der Waals surface area (Å²) in [6.45, 7) is 3.65. The third-order valence-corrected chi connectivity index (χ3v) is 5.93. The number of nitrogens with one attached hydrogen (secondary N) is 1. The van der Waals surface area contributed by atoms with Crippen molar-refractivity contribution >= 4 is 17.5 Å². The third kappa shape index (κ3) is 5.93. The van der Waals surface area contributed by atoms with Gasteiger partial charge >= 0.3 is 0 Å². The van der Waals surface area contributed by atoms with Gasteiger partial charge in [0.15, 0.2) is 11.5 Å². The van der Waals surface area contributed by atoms with Gasteiger partial charge < -0.3 is 24.4 Å². The Morgan fingerprint density at radius 2 is 1.57 bits per heavy atom. The fraction of sp³-hybridized carbons (Fsp3) is 0.286. The topological polar surface area (TPSA) is 77.1 Å². The molecule has 1 fully saturated rings. The SMILES string of the molecule is CCOc1ccccc1OC1CCN(C(=O)c2ccccc2NC(=O)c2ccc(OC)cc2)CC1. The van der Waals surface area contributed by atoms with Crippen LogP contribution in [0.25, 0.3) is 0 Å². The molecule has 1 aliphatic heterocycles. The summed E-state index contributed by atoms with van der Waals surface area (Å²) in [4.78, 5) is 27.9. The first-order valence-corrected chi connectivity index (χ1v) is 11.8. The van der Waals surface area contributed by atoms with Gasteiger partial charge in [-0.25, -0.2) is 0 Å². The number of nitrogens with zero attached hydrogens (tertiary/aromatic N) is 1. The fourth-order valence-corrected chi connectivity index (χ4v) is 4.06. The van der Waals surface area contributed by atoms with Crippen LogP contribution in [0.15, 0.2) is 72.8 Å². The van der Waals surface area contributed by atoms with Crippen LogP contribution >= 0.6 is 0 Å². The predicted octanol–water partition coefficient (Wildman–Crippen LogP) is 5.03. The van der Waals surface area contributed by atoms with E-state index in [1.807, 2.05) is 36.1 Å². The van der Waals surface area contributed by atoms with Crippen LogP contribution in [-0.2, 0) is 0 Å². The molecule has 0 atom stereocenters. The predicted molar refractivity (Wildman–Crippen MR) is 135 cm³/mol. The number of carbonyl (C=O) groups excluding carboxylic acids is 2. The van der Waals surface area contributed by atoms with Gasteiger partial charge in [0.25, 0.3) is 11.8 Å². The lowest BCUT2D eigenvalue weighted by molar-refractivity contribution is 0.0590. The van der Waals surface area contributed by atoms with E-state index in [9.17, 15) is 9.59 Å². The van der Waals surface area contributed by atoms with Crippen LogP contribution in [0.2, 0.25) is 0 Å². The first kappa shape index (κ1) is 24.1. The highest BCUT2D eigenvalue weighted by atomic mass is 16.5. The Morgan fingerprint density at radius 1 is 0.914 bits per heavy atom. The Hall–Kier alpha value is -4.00. The number of benzene rings is 3. The van der Waals surface area contributed by atoms with Crippen LogP contribution in [0, 0.1) is 0 Å². The summed E-state index contributed by atoms with van der Waals surface area (Å²) >= 11 is 0. The number of hydrogen-bond donors (Lipinski definition) is 1. The molecule has 182 valence electrons.